The average Bonchev–Trinajstić information content (AvgIpc) is 2.55. The molecule has 3 aromatic rings. The molecule has 0 aliphatic rings. The van der Waals surface area contributed by atoms with E-state index < -0.39 is 12.1 Å². The minimum atomic E-state index is -1.01. The third-order valence-electron chi connectivity index (χ3n) is 3.31. The molecule has 0 aliphatic heterocycles. The molecule has 116 valence electrons. The molecule has 1 aromatic heterocycles. The fourth-order valence-electron chi connectivity index (χ4n) is 2.08. The lowest BCUT2D eigenvalue weighted by Gasteiger charge is -2.10. The second-order valence-electron chi connectivity index (χ2n) is 5.01. The molecule has 0 radical (unpaired) electrons. The fraction of sp³-hybridized carbons (Fsp3) is 0.118. The molecule has 5 nitrogen and oxygen atoms in total. The first kappa shape index (κ1) is 15.2. The predicted octanol–water partition coefficient (Wildman–Crippen LogP) is 3.80. The maximum Gasteiger partial charge on any atom is 0.344 e. The standard InChI is InChI=1S/C17H13ClN2O3/c1-10(17(21)22)23-13-5-2-11(3-6-13)16-9-19-15-8-12(18)4-7-14(15)20-16/h2-10H,1H3,(H,21,22). The Morgan fingerprint density at radius 1 is 1.17 bits per heavy atom. The van der Waals surface area contributed by atoms with E-state index in [0.29, 0.717) is 10.8 Å². The highest BCUT2D eigenvalue weighted by molar-refractivity contribution is 6.31. The number of nitrogens with zero attached hydrogens (tertiary/aromatic N) is 2. The van der Waals surface area contributed by atoms with E-state index in [1.54, 1.807) is 30.5 Å². The van der Waals surface area contributed by atoms with E-state index in [0.717, 1.165) is 22.3 Å². The van der Waals surface area contributed by atoms with E-state index in [9.17, 15) is 4.79 Å². The quantitative estimate of drug-likeness (QED) is 0.788. The third kappa shape index (κ3) is 3.40. The Balaban J connectivity index is 1.87. The van der Waals surface area contributed by atoms with Crippen molar-refractivity contribution >= 4 is 28.6 Å². The van der Waals surface area contributed by atoms with Crippen LogP contribution in [0.2, 0.25) is 5.02 Å². The second kappa shape index (κ2) is 6.22. The lowest BCUT2D eigenvalue weighted by Crippen LogP contribution is -2.22. The maximum atomic E-state index is 10.8. The van der Waals surface area contributed by atoms with Crippen LogP contribution in [0.25, 0.3) is 22.3 Å². The van der Waals surface area contributed by atoms with Crippen LogP contribution in [0, 0.1) is 0 Å². The molecule has 2 aromatic carbocycles. The highest BCUT2D eigenvalue weighted by Crippen LogP contribution is 2.23. The molecule has 6 heteroatoms. The number of hydrogen-bond donors (Lipinski definition) is 1. The summed E-state index contributed by atoms with van der Waals surface area (Å²) >= 11 is 5.93. The van der Waals surface area contributed by atoms with E-state index in [1.165, 1.54) is 6.92 Å². The van der Waals surface area contributed by atoms with Crippen LogP contribution in [-0.2, 0) is 4.79 Å². The highest BCUT2D eigenvalue weighted by Gasteiger charge is 2.12. The van der Waals surface area contributed by atoms with Crippen LogP contribution in [0.4, 0.5) is 0 Å². The Morgan fingerprint density at radius 3 is 2.61 bits per heavy atom. The van der Waals surface area contributed by atoms with Crippen molar-refractivity contribution in [3.05, 3.63) is 53.7 Å². The van der Waals surface area contributed by atoms with Crippen LogP contribution in [-0.4, -0.2) is 27.1 Å². The molecule has 0 saturated carbocycles. The summed E-state index contributed by atoms with van der Waals surface area (Å²) in [6, 6.07) is 12.4. The number of fused-ring (bicyclic) bond motifs is 1. The van der Waals surface area contributed by atoms with Gasteiger partial charge in [-0.1, -0.05) is 11.6 Å². The van der Waals surface area contributed by atoms with Gasteiger partial charge in [-0.25, -0.2) is 9.78 Å². The van der Waals surface area contributed by atoms with Gasteiger partial charge in [0.2, 0.25) is 0 Å². The normalized spacial score (nSPS) is 12.1. The summed E-state index contributed by atoms with van der Waals surface area (Å²) in [5, 5.41) is 9.46. The number of carboxylic acid groups (broad SMARTS) is 1. The molecule has 0 bridgehead atoms. The van der Waals surface area contributed by atoms with Gasteiger partial charge in [0, 0.05) is 10.6 Å². The second-order valence-corrected chi connectivity index (χ2v) is 5.45. The first-order valence-corrected chi connectivity index (χ1v) is 7.33. The zero-order valence-corrected chi connectivity index (χ0v) is 13.0. The minimum absolute atomic E-state index is 0.490. The number of carbonyl (C=O) groups is 1. The monoisotopic (exact) mass is 328 g/mol. The van der Waals surface area contributed by atoms with Gasteiger partial charge in [-0.05, 0) is 49.4 Å². The summed E-state index contributed by atoms with van der Waals surface area (Å²) < 4.78 is 5.30. The van der Waals surface area contributed by atoms with Crippen LogP contribution >= 0.6 is 11.6 Å². The molecule has 3 rings (SSSR count). The average molecular weight is 329 g/mol. The minimum Gasteiger partial charge on any atom is -0.479 e. The van der Waals surface area contributed by atoms with Gasteiger partial charge in [-0.15, -0.1) is 0 Å². The molecule has 1 atom stereocenters. The maximum absolute atomic E-state index is 10.8. The van der Waals surface area contributed by atoms with Gasteiger partial charge in [-0.2, -0.15) is 0 Å². The van der Waals surface area contributed by atoms with E-state index in [2.05, 4.69) is 9.97 Å². The van der Waals surface area contributed by atoms with Gasteiger partial charge in [0.05, 0.1) is 22.9 Å². The molecule has 0 saturated heterocycles. The molecule has 0 aliphatic carbocycles. The van der Waals surface area contributed by atoms with Crippen LogP contribution in [0.5, 0.6) is 5.75 Å². The van der Waals surface area contributed by atoms with Crippen LogP contribution < -0.4 is 4.74 Å². The Bertz CT molecular complexity index is 865. The van der Waals surface area contributed by atoms with Gasteiger partial charge < -0.3 is 9.84 Å². The summed E-state index contributed by atoms with van der Waals surface area (Å²) in [4.78, 5) is 19.7. The number of carboxylic acids is 1. The molecular formula is C17H13ClN2O3. The van der Waals surface area contributed by atoms with E-state index in [-0.39, 0.29) is 0 Å². The zero-order valence-electron chi connectivity index (χ0n) is 12.2. The number of ether oxygens (including phenoxy) is 1. The number of halogens is 1. The predicted molar refractivity (Wildman–Crippen MR) is 87.7 cm³/mol. The van der Waals surface area contributed by atoms with Crippen molar-refractivity contribution in [1.29, 1.82) is 0 Å². The molecule has 1 unspecified atom stereocenters. The van der Waals surface area contributed by atoms with Crippen molar-refractivity contribution in [2.75, 3.05) is 0 Å². The summed E-state index contributed by atoms with van der Waals surface area (Å²) in [6.07, 6.45) is 0.778. The first-order valence-electron chi connectivity index (χ1n) is 6.95. The molecule has 1 N–H and O–H groups in total. The Kier molecular flexibility index (Phi) is 4.12. The summed E-state index contributed by atoms with van der Waals surface area (Å²) in [6.45, 7) is 1.48. The van der Waals surface area contributed by atoms with Crippen molar-refractivity contribution in [3.8, 4) is 17.0 Å². The van der Waals surface area contributed by atoms with Crippen LogP contribution in [0.15, 0.2) is 48.7 Å². The smallest absolute Gasteiger partial charge is 0.344 e. The third-order valence-corrected chi connectivity index (χ3v) is 3.55. The van der Waals surface area contributed by atoms with Gasteiger partial charge in [0.15, 0.2) is 6.10 Å². The molecule has 23 heavy (non-hydrogen) atoms. The van der Waals surface area contributed by atoms with Crippen molar-refractivity contribution in [2.45, 2.75) is 13.0 Å². The van der Waals surface area contributed by atoms with Crippen molar-refractivity contribution in [1.82, 2.24) is 9.97 Å². The highest BCUT2D eigenvalue weighted by atomic mass is 35.5. The largest absolute Gasteiger partial charge is 0.479 e. The van der Waals surface area contributed by atoms with E-state index >= 15 is 0 Å². The molecule has 0 fully saturated rings. The summed E-state index contributed by atoms with van der Waals surface area (Å²) in [5.74, 6) is -0.516. The fourth-order valence-corrected chi connectivity index (χ4v) is 2.25. The Labute approximate surface area is 137 Å². The SMILES string of the molecule is CC(Oc1ccc(-c2cnc3cc(Cl)ccc3n2)cc1)C(=O)O. The van der Waals surface area contributed by atoms with E-state index in [4.69, 9.17) is 21.4 Å². The number of aromatic nitrogens is 2. The van der Waals surface area contributed by atoms with Gasteiger partial charge >= 0.3 is 5.97 Å². The van der Waals surface area contributed by atoms with Crippen LogP contribution in [0.3, 0.4) is 0 Å². The molecule has 0 amide bonds. The number of hydrogen-bond acceptors (Lipinski definition) is 4. The number of aliphatic carboxylic acids is 1. The summed E-state index contributed by atoms with van der Waals surface area (Å²) in [5.41, 5.74) is 3.07. The zero-order chi connectivity index (χ0) is 16.4. The van der Waals surface area contributed by atoms with Gasteiger partial charge in [0.25, 0.3) is 0 Å². The number of benzene rings is 2. The summed E-state index contributed by atoms with van der Waals surface area (Å²) in [7, 11) is 0. The van der Waals surface area contributed by atoms with Crippen LogP contribution in [0.1, 0.15) is 6.92 Å². The number of rotatable bonds is 4. The topological polar surface area (TPSA) is 72.3 Å². The van der Waals surface area contributed by atoms with Crippen molar-refractivity contribution in [2.24, 2.45) is 0 Å². The van der Waals surface area contributed by atoms with Crippen molar-refractivity contribution in [3.63, 3.8) is 0 Å². The first-order chi connectivity index (χ1) is 11.0. The Hall–Kier alpha value is -2.66. The molecule has 0 spiro atoms. The van der Waals surface area contributed by atoms with Gasteiger partial charge in [-0.3, -0.25) is 4.98 Å². The Morgan fingerprint density at radius 2 is 1.91 bits per heavy atom. The lowest BCUT2D eigenvalue weighted by molar-refractivity contribution is -0.144. The van der Waals surface area contributed by atoms with Gasteiger partial charge in [0.1, 0.15) is 5.75 Å². The van der Waals surface area contributed by atoms with Crippen molar-refractivity contribution < 1.29 is 14.6 Å². The lowest BCUT2D eigenvalue weighted by atomic mass is 10.1. The molecular weight excluding hydrogens is 316 g/mol. The van der Waals surface area contributed by atoms with E-state index in [1.807, 2.05) is 18.2 Å². The molecule has 1 heterocycles.